The first-order valence-corrected chi connectivity index (χ1v) is 8.35. The van der Waals surface area contributed by atoms with Gasteiger partial charge in [0.05, 0.1) is 17.8 Å². The molecule has 1 unspecified atom stereocenters. The maximum Gasteiger partial charge on any atom is 0.124 e. The van der Waals surface area contributed by atoms with Crippen molar-refractivity contribution in [2.24, 2.45) is 0 Å². The van der Waals surface area contributed by atoms with Gasteiger partial charge in [0, 0.05) is 20.7 Å². The first kappa shape index (κ1) is 16.5. The molecule has 1 heterocycles. The smallest absolute Gasteiger partial charge is 0.124 e. The van der Waals surface area contributed by atoms with Crippen LogP contribution < -0.4 is 10.1 Å². The number of halogens is 2. The molecule has 1 atom stereocenters. The third kappa shape index (κ3) is 4.05. The van der Waals surface area contributed by atoms with E-state index < -0.39 is 0 Å². The second kappa shape index (κ2) is 7.38. The summed E-state index contributed by atoms with van der Waals surface area (Å²) in [7, 11) is 1.92. The molecule has 0 amide bonds. The zero-order valence-corrected chi connectivity index (χ0v) is 15.4. The Labute approximate surface area is 142 Å². The second-order valence-electron chi connectivity index (χ2n) is 4.95. The fourth-order valence-electron chi connectivity index (χ4n) is 2.16. The van der Waals surface area contributed by atoms with Crippen LogP contribution in [0.3, 0.4) is 0 Å². The summed E-state index contributed by atoms with van der Waals surface area (Å²) < 4.78 is 7.82. The molecule has 21 heavy (non-hydrogen) atoms. The second-order valence-corrected chi connectivity index (χ2v) is 6.72. The molecule has 1 aromatic heterocycles. The third-order valence-corrected chi connectivity index (χ3v) is 4.06. The minimum Gasteiger partial charge on any atom is -0.491 e. The van der Waals surface area contributed by atoms with Crippen molar-refractivity contribution in [3.8, 4) is 5.75 Å². The molecular formula is C16H18Br2N2O. The predicted molar refractivity (Wildman–Crippen MR) is 92.7 cm³/mol. The first-order chi connectivity index (χ1) is 10.0. The zero-order valence-electron chi connectivity index (χ0n) is 12.2. The molecule has 0 saturated carbocycles. The van der Waals surface area contributed by atoms with Gasteiger partial charge in [-0.1, -0.05) is 18.2 Å². The highest BCUT2D eigenvalue weighted by Gasteiger charge is 2.20. The van der Waals surface area contributed by atoms with Gasteiger partial charge < -0.3 is 10.1 Å². The Morgan fingerprint density at radius 2 is 1.90 bits per heavy atom. The lowest BCUT2D eigenvalue weighted by Gasteiger charge is -2.22. The van der Waals surface area contributed by atoms with E-state index in [4.69, 9.17) is 4.74 Å². The van der Waals surface area contributed by atoms with Gasteiger partial charge in [-0.3, -0.25) is 4.98 Å². The standard InChI is InChI=1S/C16H18Br2N2O/c1-10(2)21-14-7-5-4-6-12(14)15(19-3)16-13(18)8-11(17)9-20-16/h4-10,15,19H,1-3H3. The zero-order chi connectivity index (χ0) is 15.4. The molecule has 0 aliphatic rings. The van der Waals surface area contributed by atoms with Crippen LogP contribution in [0.5, 0.6) is 5.75 Å². The van der Waals surface area contributed by atoms with Crippen LogP contribution >= 0.6 is 31.9 Å². The summed E-state index contributed by atoms with van der Waals surface area (Å²) in [4.78, 5) is 4.53. The van der Waals surface area contributed by atoms with Crippen LogP contribution in [0.1, 0.15) is 31.1 Å². The molecule has 2 rings (SSSR count). The lowest BCUT2D eigenvalue weighted by molar-refractivity contribution is 0.238. The van der Waals surface area contributed by atoms with Gasteiger partial charge in [0.2, 0.25) is 0 Å². The number of ether oxygens (including phenoxy) is 1. The van der Waals surface area contributed by atoms with E-state index in [1.807, 2.05) is 45.2 Å². The van der Waals surface area contributed by atoms with E-state index in [0.717, 1.165) is 26.0 Å². The van der Waals surface area contributed by atoms with Gasteiger partial charge in [-0.15, -0.1) is 0 Å². The Bertz CT molecular complexity index is 617. The molecule has 1 aromatic carbocycles. The molecule has 0 bridgehead atoms. The van der Waals surface area contributed by atoms with Crippen LogP contribution in [0.4, 0.5) is 0 Å². The van der Waals surface area contributed by atoms with E-state index in [9.17, 15) is 0 Å². The Hall–Kier alpha value is -0.910. The van der Waals surface area contributed by atoms with Gasteiger partial charge in [0.1, 0.15) is 5.75 Å². The Morgan fingerprint density at radius 3 is 2.52 bits per heavy atom. The molecule has 112 valence electrons. The summed E-state index contributed by atoms with van der Waals surface area (Å²) in [6.45, 7) is 4.05. The Morgan fingerprint density at radius 1 is 1.19 bits per heavy atom. The molecule has 0 aliphatic heterocycles. The monoisotopic (exact) mass is 412 g/mol. The summed E-state index contributed by atoms with van der Waals surface area (Å²) in [5.41, 5.74) is 2.00. The van der Waals surface area contributed by atoms with Crippen LogP contribution in [0.2, 0.25) is 0 Å². The highest BCUT2D eigenvalue weighted by Crippen LogP contribution is 2.33. The number of benzene rings is 1. The third-order valence-electron chi connectivity index (χ3n) is 2.99. The van der Waals surface area contributed by atoms with Crippen molar-refractivity contribution in [1.29, 1.82) is 0 Å². The molecule has 1 N–H and O–H groups in total. The van der Waals surface area contributed by atoms with E-state index in [1.165, 1.54) is 0 Å². The molecule has 0 fully saturated rings. The van der Waals surface area contributed by atoms with Crippen molar-refractivity contribution in [1.82, 2.24) is 10.3 Å². The van der Waals surface area contributed by atoms with Crippen LogP contribution in [-0.2, 0) is 0 Å². The average molecular weight is 414 g/mol. The van der Waals surface area contributed by atoms with Crippen molar-refractivity contribution in [2.75, 3.05) is 7.05 Å². The van der Waals surface area contributed by atoms with Crippen molar-refractivity contribution in [3.05, 3.63) is 56.7 Å². The highest BCUT2D eigenvalue weighted by molar-refractivity contribution is 9.11. The van der Waals surface area contributed by atoms with Crippen LogP contribution in [0.25, 0.3) is 0 Å². The van der Waals surface area contributed by atoms with Crippen LogP contribution in [0.15, 0.2) is 45.5 Å². The van der Waals surface area contributed by atoms with Gasteiger partial charge >= 0.3 is 0 Å². The van der Waals surface area contributed by atoms with Gasteiger partial charge in [0.25, 0.3) is 0 Å². The van der Waals surface area contributed by atoms with Gasteiger partial charge in [0.15, 0.2) is 0 Å². The predicted octanol–water partition coefficient (Wildman–Crippen LogP) is 4.70. The number of rotatable bonds is 5. The van der Waals surface area contributed by atoms with Crippen molar-refractivity contribution >= 4 is 31.9 Å². The number of aromatic nitrogens is 1. The summed E-state index contributed by atoms with van der Waals surface area (Å²) >= 11 is 7.02. The SMILES string of the molecule is CNC(c1ccccc1OC(C)C)c1ncc(Br)cc1Br. The van der Waals surface area contributed by atoms with Crippen molar-refractivity contribution in [3.63, 3.8) is 0 Å². The van der Waals surface area contributed by atoms with Gasteiger partial charge in [-0.2, -0.15) is 0 Å². The van der Waals surface area contributed by atoms with Crippen molar-refractivity contribution in [2.45, 2.75) is 26.0 Å². The van der Waals surface area contributed by atoms with E-state index in [1.54, 1.807) is 6.20 Å². The molecule has 5 heteroatoms. The normalized spacial score (nSPS) is 12.5. The lowest BCUT2D eigenvalue weighted by atomic mass is 10.0. The summed E-state index contributed by atoms with van der Waals surface area (Å²) in [5, 5.41) is 3.32. The highest BCUT2D eigenvalue weighted by atomic mass is 79.9. The van der Waals surface area contributed by atoms with Gasteiger partial charge in [-0.05, 0) is 64.9 Å². The van der Waals surface area contributed by atoms with E-state index in [-0.39, 0.29) is 12.1 Å². The summed E-state index contributed by atoms with van der Waals surface area (Å²) in [6, 6.07) is 10.0. The number of pyridine rings is 1. The largest absolute Gasteiger partial charge is 0.491 e. The van der Waals surface area contributed by atoms with E-state index >= 15 is 0 Å². The number of para-hydroxylation sites is 1. The molecule has 3 nitrogen and oxygen atoms in total. The number of hydrogen-bond donors (Lipinski definition) is 1. The fraction of sp³-hybridized carbons (Fsp3) is 0.312. The first-order valence-electron chi connectivity index (χ1n) is 6.76. The molecule has 0 spiro atoms. The molecule has 0 radical (unpaired) electrons. The summed E-state index contributed by atoms with van der Waals surface area (Å²) in [5.74, 6) is 0.878. The van der Waals surface area contributed by atoms with E-state index in [2.05, 4.69) is 48.2 Å². The topological polar surface area (TPSA) is 34.1 Å². The van der Waals surface area contributed by atoms with Gasteiger partial charge in [-0.25, -0.2) is 0 Å². The average Bonchev–Trinajstić information content (AvgIpc) is 2.43. The quantitative estimate of drug-likeness (QED) is 0.771. The fourth-order valence-corrected chi connectivity index (χ4v) is 3.37. The van der Waals surface area contributed by atoms with E-state index in [0.29, 0.717) is 0 Å². The maximum atomic E-state index is 5.92. The minimum absolute atomic E-state index is 0.0394. The molecule has 0 aliphatic carbocycles. The Kier molecular flexibility index (Phi) is 5.79. The van der Waals surface area contributed by atoms with Crippen LogP contribution in [0, 0.1) is 0 Å². The number of hydrogen-bond acceptors (Lipinski definition) is 3. The lowest BCUT2D eigenvalue weighted by Crippen LogP contribution is -2.21. The Balaban J connectivity index is 2.46. The molecule has 0 saturated heterocycles. The maximum absolute atomic E-state index is 5.92. The minimum atomic E-state index is -0.0394. The van der Waals surface area contributed by atoms with Crippen molar-refractivity contribution < 1.29 is 4.74 Å². The van der Waals surface area contributed by atoms with Crippen LogP contribution in [-0.4, -0.2) is 18.1 Å². The summed E-state index contributed by atoms with van der Waals surface area (Å²) in [6.07, 6.45) is 1.93. The molecule has 2 aromatic rings. The number of nitrogens with zero attached hydrogens (tertiary/aromatic N) is 1. The number of nitrogens with one attached hydrogen (secondary N) is 1. The molecular weight excluding hydrogens is 396 g/mol.